The molecule has 0 aliphatic rings. The normalized spacial score (nSPS) is 11.8. The van der Waals surface area contributed by atoms with Crippen LogP contribution in [0.1, 0.15) is 48.5 Å². The molecule has 0 amide bonds. The Hall–Kier alpha value is -1.39. The van der Waals surface area contributed by atoms with Crippen molar-refractivity contribution in [3.63, 3.8) is 0 Å². The number of benzene rings is 2. The molecule has 0 bridgehead atoms. The summed E-state index contributed by atoms with van der Waals surface area (Å²) in [5.41, 5.74) is 3.52. The molecule has 0 aliphatic heterocycles. The molecule has 156 valence electrons. The van der Waals surface area contributed by atoms with Crippen LogP contribution in [-0.2, 0) is 13.0 Å². The molecule has 9 heteroatoms. The summed E-state index contributed by atoms with van der Waals surface area (Å²) >= 11 is 6.46. The predicted molar refractivity (Wildman–Crippen MR) is 122 cm³/mol. The van der Waals surface area contributed by atoms with Crippen molar-refractivity contribution in [3.8, 4) is 11.4 Å². The fraction of sp³-hybridized carbons (Fsp3) is 0.273. The van der Waals surface area contributed by atoms with Crippen LogP contribution in [0.3, 0.4) is 0 Å². The molecular weight excluding hydrogens is 439 g/mol. The fourth-order valence-electron chi connectivity index (χ4n) is 3.77. The number of hydrogen-bond donors (Lipinski definition) is 2. The summed E-state index contributed by atoms with van der Waals surface area (Å²) < 4.78 is 2.07. The van der Waals surface area contributed by atoms with E-state index in [2.05, 4.69) is 49.2 Å². The molecule has 0 aliphatic carbocycles. The molecule has 2 aromatic heterocycles. The van der Waals surface area contributed by atoms with Crippen LogP contribution in [-0.4, -0.2) is 86.7 Å². The van der Waals surface area contributed by atoms with E-state index in [4.69, 9.17) is 11.6 Å². The third-order valence-corrected chi connectivity index (χ3v) is 5.47. The monoisotopic (exact) mass is 462 g/mol. The fourth-order valence-corrected chi connectivity index (χ4v) is 4.02. The Bertz CT molecular complexity index is 1100. The summed E-state index contributed by atoms with van der Waals surface area (Å²) in [6, 6.07) is 17.9. The first-order valence-electron chi connectivity index (χ1n) is 9.98. The number of unbranched alkanes of at least 4 members (excludes halogenated alkanes) is 1. The van der Waals surface area contributed by atoms with E-state index < -0.39 is 0 Å². The second-order valence-corrected chi connectivity index (χ2v) is 7.41. The van der Waals surface area contributed by atoms with Crippen LogP contribution in [0.25, 0.3) is 11.4 Å². The summed E-state index contributed by atoms with van der Waals surface area (Å²) in [6.07, 6.45) is 2.79. The van der Waals surface area contributed by atoms with Gasteiger partial charge in [-0.05, 0) is 28.0 Å². The number of nitrogens with zero attached hydrogens (tertiary/aromatic N) is 5. The number of aliphatic hydroxyl groups excluding tert-OH is 1. The van der Waals surface area contributed by atoms with E-state index in [0.29, 0.717) is 16.7 Å². The number of imidazole rings is 1. The van der Waals surface area contributed by atoms with Gasteiger partial charge in [-0.3, -0.25) is 0 Å². The number of aromatic amines is 1. The van der Waals surface area contributed by atoms with Gasteiger partial charge in [0.25, 0.3) is 0 Å². The zero-order valence-corrected chi connectivity index (χ0v) is 17.4. The topological polar surface area (TPSA) is 92.5 Å². The molecule has 2 aromatic carbocycles. The Labute approximate surface area is 228 Å². The SMILES string of the molecule is CCCCc1nc(Cl)c(CO)n1C(c1ccccc1)c1ccccc1-c1nnn[nH]1.[KH]. The van der Waals surface area contributed by atoms with Gasteiger partial charge in [0.2, 0.25) is 0 Å². The van der Waals surface area contributed by atoms with Crippen LogP contribution in [0.2, 0.25) is 5.15 Å². The predicted octanol–water partition coefficient (Wildman–Crippen LogP) is 3.54. The molecule has 0 fully saturated rings. The summed E-state index contributed by atoms with van der Waals surface area (Å²) in [6.45, 7) is 1.94. The van der Waals surface area contributed by atoms with Gasteiger partial charge in [0.05, 0.1) is 18.3 Å². The molecule has 0 saturated heterocycles. The molecule has 2 heterocycles. The molecule has 2 N–H and O–H groups in total. The molecule has 0 spiro atoms. The molecule has 1 atom stereocenters. The zero-order chi connectivity index (χ0) is 20.9. The molecule has 1 unspecified atom stereocenters. The van der Waals surface area contributed by atoms with Crippen LogP contribution < -0.4 is 0 Å². The number of aliphatic hydroxyl groups is 1. The van der Waals surface area contributed by atoms with Crippen LogP contribution in [0.15, 0.2) is 54.6 Å². The second-order valence-electron chi connectivity index (χ2n) is 7.05. The van der Waals surface area contributed by atoms with Gasteiger partial charge >= 0.3 is 51.4 Å². The molecule has 4 aromatic rings. The van der Waals surface area contributed by atoms with Gasteiger partial charge in [-0.15, -0.1) is 5.10 Å². The van der Waals surface area contributed by atoms with Gasteiger partial charge < -0.3 is 9.67 Å². The first kappa shape index (κ1) is 24.3. The Morgan fingerprint density at radius 2 is 1.84 bits per heavy atom. The van der Waals surface area contributed by atoms with E-state index in [9.17, 15) is 5.11 Å². The van der Waals surface area contributed by atoms with E-state index in [1.165, 1.54) is 0 Å². The summed E-state index contributed by atoms with van der Waals surface area (Å²) in [7, 11) is 0. The van der Waals surface area contributed by atoms with Gasteiger partial charge in [-0.2, -0.15) is 0 Å². The van der Waals surface area contributed by atoms with Crippen LogP contribution in [0, 0.1) is 0 Å². The van der Waals surface area contributed by atoms with Crippen LogP contribution >= 0.6 is 11.6 Å². The Morgan fingerprint density at radius 3 is 2.52 bits per heavy atom. The number of rotatable bonds is 8. The standard InChI is InChI=1S/C22H23ClN6O.K.H/c1-2-3-13-19-24-21(23)18(14-30)29(19)20(15-9-5-4-6-10-15)16-11-7-8-12-17(16)22-25-27-28-26-22;;/h4-12,20,30H,2-3,13-14H2,1H3,(H,25,26,27,28);;. The van der Waals surface area contributed by atoms with E-state index >= 15 is 0 Å². The number of H-pyrrole nitrogens is 1. The molecule has 31 heavy (non-hydrogen) atoms. The quantitative estimate of drug-likeness (QED) is 0.391. The van der Waals surface area contributed by atoms with Crippen molar-refractivity contribution in [1.82, 2.24) is 30.2 Å². The summed E-state index contributed by atoms with van der Waals surface area (Å²) in [4.78, 5) is 4.60. The van der Waals surface area contributed by atoms with Crippen molar-refractivity contribution < 1.29 is 5.11 Å². The van der Waals surface area contributed by atoms with Crippen LogP contribution in [0.4, 0.5) is 0 Å². The van der Waals surface area contributed by atoms with Gasteiger partial charge in [-0.25, -0.2) is 10.1 Å². The molecule has 0 radical (unpaired) electrons. The Kier molecular flexibility index (Phi) is 8.97. The third-order valence-electron chi connectivity index (χ3n) is 5.17. The van der Waals surface area contributed by atoms with Gasteiger partial charge in [0, 0.05) is 12.0 Å². The number of aryl methyl sites for hydroxylation is 1. The average Bonchev–Trinajstić information content (AvgIpc) is 3.42. The zero-order valence-electron chi connectivity index (χ0n) is 16.7. The molecule has 0 saturated carbocycles. The van der Waals surface area contributed by atoms with Crippen molar-refractivity contribution in [1.29, 1.82) is 0 Å². The molecule has 4 rings (SSSR count). The first-order chi connectivity index (χ1) is 14.7. The summed E-state index contributed by atoms with van der Waals surface area (Å²) in [5.74, 6) is 1.43. The second kappa shape index (κ2) is 11.5. The van der Waals surface area contributed by atoms with E-state index in [-0.39, 0.29) is 64.0 Å². The van der Waals surface area contributed by atoms with Gasteiger partial charge in [-0.1, -0.05) is 79.5 Å². The minimum atomic E-state index is -0.249. The van der Waals surface area contributed by atoms with Crippen LogP contribution in [0.5, 0.6) is 0 Å². The van der Waals surface area contributed by atoms with Crippen molar-refractivity contribution >= 4 is 63.0 Å². The van der Waals surface area contributed by atoms with Crippen molar-refractivity contribution in [3.05, 3.63) is 82.4 Å². The van der Waals surface area contributed by atoms with E-state index in [1.54, 1.807) is 0 Å². The number of nitrogens with one attached hydrogen (secondary N) is 1. The maximum atomic E-state index is 10.2. The molecular formula is C22H24ClKN6O. The van der Waals surface area contributed by atoms with Crippen molar-refractivity contribution in [2.75, 3.05) is 0 Å². The average molecular weight is 463 g/mol. The van der Waals surface area contributed by atoms with Crippen molar-refractivity contribution in [2.24, 2.45) is 0 Å². The number of tetrazole rings is 1. The number of hydrogen-bond acceptors (Lipinski definition) is 5. The van der Waals surface area contributed by atoms with Gasteiger partial charge in [0.1, 0.15) is 5.82 Å². The Balaban J connectivity index is 0.00000272. The van der Waals surface area contributed by atoms with E-state index in [0.717, 1.165) is 41.8 Å². The number of aromatic nitrogens is 6. The minimum absolute atomic E-state index is 0. The maximum absolute atomic E-state index is 10.2. The van der Waals surface area contributed by atoms with E-state index in [1.807, 2.05) is 42.5 Å². The molecule has 7 nitrogen and oxygen atoms in total. The van der Waals surface area contributed by atoms with Gasteiger partial charge in [0.15, 0.2) is 11.0 Å². The summed E-state index contributed by atoms with van der Waals surface area (Å²) in [5, 5.41) is 24.9. The number of halogens is 1. The Morgan fingerprint density at radius 1 is 1.10 bits per heavy atom. The first-order valence-corrected chi connectivity index (χ1v) is 10.4. The van der Waals surface area contributed by atoms with Crippen molar-refractivity contribution in [2.45, 2.75) is 38.8 Å². The third kappa shape index (κ3) is 5.17.